The predicted octanol–water partition coefficient (Wildman–Crippen LogP) is 4.37. The van der Waals surface area contributed by atoms with E-state index in [1.807, 2.05) is 0 Å². The first-order valence-electron chi connectivity index (χ1n) is 9.29. The number of rotatable bonds is 5. The number of halogens is 3. The Balaban J connectivity index is 1.55. The van der Waals surface area contributed by atoms with Crippen LogP contribution in [-0.4, -0.2) is 25.2 Å². The molecular formula is C21H16Cl2FN5O2. The lowest BCUT2D eigenvalue weighted by atomic mass is 10.3. The Labute approximate surface area is 186 Å². The highest BCUT2D eigenvalue weighted by Gasteiger charge is 2.15. The number of aryl methyl sites for hydroxylation is 1. The Kier molecular flexibility index (Phi) is 5.75. The molecule has 10 heteroatoms. The minimum atomic E-state index is -0.370. The normalized spacial score (nSPS) is 11.1. The summed E-state index contributed by atoms with van der Waals surface area (Å²) >= 11 is 11.8. The van der Waals surface area contributed by atoms with Crippen LogP contribution in [0.3, 0.4) is 0 Å². The van der Waals surface area contributed by atoms with Crippen LogP contribution in [0.5, 0.6) is 0 Å². The Bertz CT molecular complexity index is 1350. The van der Waals surface area contributed by atoms with E-state index in [9.17, 15) is 14.0 Å². The lowest BCUT2D eigenvalue weighted by molar-refractivity contribution is -0.116. The molecule has 0 unspecified atom stereocenters. The Morgan fingerprint density at radius 3 is 2.58 bits per heavy atom. The molecule has 2 aromatic heterocycles. The maximum Gasteiger partial charge on any atom is 0.264 e. The van der Waals surface area contributed by atoms with Crippen LogP contribution in [0.15, 0.2) is 53.5 Å². The Hall–Kier alpha value is -3.23. The van der Waals surface area contributed by atoms with Crippen LogP contribution >= 0.6 is 23.2 Å². The zero-order chi connectivity index (χ0) is 22.1. The first-order valence-corrected chi connectivity index (χ1v) is 10.0. The van der Waals surface area contributed by atoms with Gasteiger partial charge in [-0.25, -0.2) is 14.1 Å². The maximum absolute atomic E-state index is 13.2. The molecule has 1 N–H and O–H groups in total. The summed E-state index contributed by atoms with van der Waals surface area (Å²) in [5.74, 6) is -0.221. The van der Waals surface area contributed by atoms with E-state index in [1.54, 1.807) is 37.3 Å². The second-order valence-corrected chi connectivity index (χ2v) is 7.63. The molecular weight excluding hydrogens is 444 g/mol. The zero-order valence-electron chi connectivity index (χ0n) is 16.3. The molecule has 31 heavy (non-hydrogen) atoms. The molecule has 4 rings (SSSR count). The smallest absolute Gasteiger partial charge is 0.264 e. The summed E-state index contributed by atoms with van der Waals surface area (Å²) in [7, 11) is 0. The number of carbonyl (C=O) groups excluding carboxylic acids is 1. The third-order valence-electron chi connectivity index (χ3n) is 4.71. The van der Waals surface area contributed by atoms with Gasteiger partial charge in [-0.15, -0.1) is 0 Å². The van der Waals surface area contributed by atoms with Crippen molar-refractivity contribution in [3.8, 4) is 5.69 Å². The molecule has 0 aliphatic heterocycles. The van der Waals surface area contributed by atoms with Gasteiger partial charge < -0.3 is 5.32 Å². The molecule has 0 saturated carbocycles. The first kappa shape index (κ1) is 21.0. The Morgan fingerprint density at radius 1 is 1.13 bits per heavy atom. The van der Waals surface area contributed by atoms with E-state index in [1.165, 1.54) is 27.6 Å². The number of aromatic nitrogens is 4. The van der Waals surface area contributed by atoms with Gasteiger partial charge in [-0.1, -0.05) is 23.2 Å². The van der Waals surface area contributed by atoms with Gasteiger partial charge >= 0.3 is 0 Å². The molecule has 0 atom stereocenters. The number of amides is 1. The van der Waals surface area contributed by atoms with Crippen LogP contribution in [0.2, 0.25) is 10.0 Å². The van der Waals surface area contributed by atoms with Gasteiger partial charge in [0.05, 0.1) is 21.9 Å². The third kappa shape index (κ3) is 4.30. The van der Waals surface area contributed by atoms with Crippen molar-refractivity contribution in [2.45, 2.75) is 19.9 Å². The number of hydrogen-bond donors (Lipinski definition) is 1. The van der Waals surface area contributed by atoms with Gasteiger partial charge in [0.25, 0.3) is 5.56 Å². The monoisotopic (exact) mass is 459 g/mol. The van der Waals surface area contributed by atoms with Crippen LogP contribution < -0.4 is 10.9 Å². The summed E-state index contributed by atoms with van der Waals surface area (Å²) in [5.41, 5.74) is 1.16. The number of anilines is 1. The lowest BCUT2D eigenvalue weighted by Gasteiger charge is -2.11. The van der Waals surface area contributed by atoms with Gasteiger partial charge in [-0.2, -0.15) is 5.10 Å². The minimum Gasteiger partial charge on any atom is -0.326 e. The van der Waals surface area contributed by atoms with Crippen LogP contribution in [0.1, 0.15) is 12.2 Å². The van der Waals surface area contributed by atoms with Crippen LogP contribution in [-0.2, 0) is 11.3 Å². The van der Waals surface area contributed by atoms with Gasteiger partial charge in [0.15, 0.2) is 5.65 Å². The standard InChI is InChI=1S/C21H16Cl2FN5O2/c1-12-26-20-16(11-25-29(20)15-5-2-13(24)3-6-15)21(31)28(12)9-8-19(30)27-14-4-7-17(22)18(23)10-14/h2-7,10-11H,8-9H2,1H3,(H,27,30). The van der Waals surface area contributed by atoms with Gasteiger partial charge in [-0.3, -0.25) is 14.2 Å². The van der Waals surface area contributed by atoms with Gasteiger partial charge in [0.2, 0.25) is 5.91 Å². The molecule has 1 amide bonds. The first-order chi connectivity index (χ1) is 14.8. The van der Waals surface area contributed by atoms with Crippen molar-refractivity contribution < 1.29 is 9.18 Å². The van der Waals surface area contributed by atoms with Crippen molar-refractivity contribution in [3.63, 3.8) is 0 Å². The largest absolute Gasteiger partial charge is 0.326 e. The van der Waals surface area contributed by atoms with E-state index in [0.717, 1.165) is 0 Å². The molecule has 2 aromatic carbocycles. The van der Waals surface area contributed by atoms with Gasteiger partial charge in [0, 0.05) is 18.7 Å². The van der Waals surface area contributed by atoms with E-state index >= 15 is 0 Å². The van der Waals surface area contributed by atoms with Gasteiger partial charge in [0.1, 0.15) is 17.0 Å². The average Bonchev–Trinajstić information content (AvgIpc) is 3.15. The molecule has 0 spiro atoms. The van der Waals surface area contributed by atoms with Crippen molar-refractivity contribution in [1.29, 1.82) is 0 Å². The quantitative estimate of drug-likeness (QED) is 0.480. The molecule has 7 nitrogen and oxygen atoms in total. The summed E-state index contributed by atoms with van der Waals surface area (Å²) in [6.07, 6.45) is 1.47. The summed E-state index contributed by atoms with van der Waals surface area (Å²) in [6.45, 7) is 1.82. The van der Waals surface area contributed by atoms with Crippen molar-refractivity contribution in [3.05, 3.63) is 80.7 Å². The van der Waals surface area contributed by atoms with E-state index in [2.05, 4.69) is 15.4 Å². The number of benzene rings is 2. The van der Waals surface area contributed by atoms with Crippen LogP contribution in [0, 0.1) is 12.7 Å². The SMILES string of the molecule is Cc1nc2c(cnn2-c2ccc(F)cc2)c(=O)n1CCC(=O)Nc1ccc(Cl)c(Cl)c1. The minimum absolute atomic E-state index is 0.0558. The average molecular weight is 460 g/mol. The van der Waals surface area contributed by atoms with Crippen LogP contribution in [0.4, 0.5) is 10.1 Å². The van der Waals surface area contributed by atoms with E-state index in [0.29, 0.717) is 38.3 Å². The summed E-state index contributed by atoms with van der Waals surface area (Å²) in [5, 5.41) is 7.97. The fourth-order valence-electron chi connectivity index (χ4n) is 3.15. The number of nitrogens with zero attached hydrogens (tertiary/aromatic N) is 4. The third-order valence-corrected chi connectivity index (χ3v) is 5.45. The molecule has 2 heterocycles. The maximum atomic E-state index is 13.2. The second kappa shape index (κ2) is 8.49. The molecule has 0 saturated heterocycles. The highest BCUT2D eigenvalue weighted by molar-refractivity contribution is 6.42. The molecule has 0 radical (unpaired) electrons. The molecule has 0 aliphatic carbocycles. The molecule has 0 bridgehead atoms. The van der Waals surface area contributed by atoms with Crippen molar-refractivity contribution in [1.82, 2.24) is 19.3 Å². The van der Waals surface area contributed by atoms with Crippen molar-refractivity contribution >= 4 is 45.8 Å². The van der Waals surface area contributed by atoms with Crippen molar-refractivity contribution in [2.24, 2.45) is 0 Å². The predicted molar refractivity (Wildman–Crippen MR) is 118 cm³/mol. The Morgan fingerprint density at radius 2 is 1.87 bits per heavy atom. The number of nitrogens with one attached hydrogen (secondary N) is 1. The van der Waals surface area contributed by atoms with E-state index in [-0.39, 0.29) is 30.2 Å². The molecule has 158 valence electrons. The van der Waals surface area contributed by atoms with Crippen molar-refractivity contribution in [2.75, 3.05) is 5.32 Å². The second-order valence-electron chi connectivity index (χ2n) is 6.81. The fourth-order valence-corrected chi connectivity index (χ4v) is 3.45. The lowest BCUT2D eigenvalue weighted by Crippen LogP contribution is -2.26. The van der Waals surface area contributed by atoms with Gasteiger partial charge in [-0.05, 0) is 49.4 Å². The van der Waals surface area contributed by atoms with E-state index in [4.69, 9.17) is 23.2 Å². The topological polar surface area (TPSA) is 81.8 Å². The highest BCUT2D eigenvalue weighted by atomic mass is 35.5. The number of carbonyl (C=O) groups is 1. The zero-order valence-corrected chi connectivity index (χ0v) is 17.8. The van der Waals surface area contributed by atoms with E-state index < -0.39 is 0 Å². The number of hydrogen-bond acceptors (Lipinski definition) is 4. The summed E-state index contributed by atoms with van der Waals surface area (Å²) < 4.78 is 16.1. The summed E-state index contributed by atoms with van der Waals surface area (Å²) in [6, 6.07) is 10.5. The molecule has 0 aliphatic rings. The molecule has 0 fully saturated rings. The number of fused-ring (bicyclic) bond motifs is 1. The highest BCUT2D eigenvalue weighted by Crippen LogP contribution is 2.25. The fraction of sp³-hybridized carbons (Fsp3) is 0.143. The molecule has 4 aromatic rings. The summed E-state index contributed by atoms with van der Waals surface area (Å²) in [4.78, 5) is 29.7. The van der Waals surface area contributed by atoms with Crippen LogP contribution in [0.25, 0.3) is 16.7 Å².